The summed E-state index contributed by atoms with van der Waals surface area (Å²) in [6.07, 6.45) is 1.25. The van der Waals surface area contributed by atoms with Gasteiger partial charge in [0.15, 0.2) is 0 Å². The van der Waals surface area contributed by atoms with Crippen molar-refractivity contribution in [2.75, 3.05) is 24.6 Å². The van der Waals surface area contributed by atoms with Gasteiger partial charge in [-0.25, -0.2) is 0 Å². The van der Waals surface area contributed by atoms with Crippen LogP contribution < -0.4 is 5.32 Å². The zero-order valence-electron chi connectivity index (χ0n) is 7.66. The van der Waals surface area contributed by atoms with Crippen molar-refractivity contribution in [3.8, 4) is 0 Å². The van der Waals surface area contributed by atoms with Gasteiger partial charge in [-0.2, -0.15) is 11.8 Å². The molecule has 0 unspecified atom stereocenters. The van der Waals surface area contributed by atoms with E-state index in [4.69, 9.17) is 0 Å². The van der Waals surface area contributed by atoms with Crippen LogP contribution in [0, 0.1) is 5.92 Å². The Kier molecular flexibility index (Phi) is 3.70. The second-order valence-corrected chi connectivity index (χ2v) is 5.61. The minimum Gasteiger partial charge on any atom is -0.316 e. The zero-order valence-corrected chi connectivity index (χ0v) is 9.29. The molecule has 0 atom stereocenters. The Hall–Kier alpha value is 0.01000. The van der Waals surface area contributed by atoms with Crippen LogP contribution in [0.1, 0.15) is 4.88 Å². The molecule has 1 nitrogen and oxygen atoms in total. The Labute approximate surface area is 87.9 Å². The van der Waals surface area contributed by atoms with E-state index in [1.807, 2.05) is 11.3 Å². The lowest BCUT2D eigenvalue weighted by Crippen LogP contribution is -2.43. The largest absolute Gasteiger partial charge is 0.316 e. The molecule has 0 spiro atoms. The summed E-state index contributed by atoms with van der Waals surface area (Å²) in [6.45, 7) is 2.48. The quantitative estimate of drug-likeness (QED) is 0.753. The molecule has 0 aliphatic carbocycles. The van der Waals surface area contributed by atoms with E-state index in [9.17, 15) is 0 Å². The highest BCUT2D eigenvalue weighted by molar-refractivity contribution is 7.99. The molecule has 0 aromatic carbocycles. The molecule has 2 heterocycles. The fraction of sp³-hybridized carbons (Fsp3) is 0.600. The van der Waals surface area contributed by atoms with E-state index in [1.54, 1.807) is 0 Å². The smallest absolute Gasteiger partial charge is 0.00534 e. The highest BCUT2D eigenvalue weighted by Gasteiger charge is 2.15. The van der Waals surface area contributed by atoms with E-state index in [-0.39, 0.29) is 0 Å². The molecule has 1 aliphatic rings. The van der Waals surface area contributed by atoms with Crippen LogP contribution in [0.15, 0.2) is 17.5 Å². The van der Waals surface area contributed by atoms with Crippen molar-refractivity contribution in [3.63, 3.8) is 0 Å². The Morgan fingerprint density at radius 1 is 1.54 bits per heavy atom. The maximum absolute atomic E-state index is 3.30. The van der Waals surface area contributed by atoms with E-state index in [0.717, 1.165) is 5.92 Å². The maximum Gasteiger partial charge on any atom is 0.00534 e. The normalized spacial score (nSPS) is 17.2. The number of rotatable bonds is 5. The fourth-order valence-corrected chi connectivity index (χ4v) is 3.28. The third kappa shape index (κ3) is 3.01. The van der Waals surface area contributed by atoms with Crippen LogP contribution in [0.25, 0.3) is 0 Å². The lowest BCUT2D eigenvalue weighted by Gasteiger charge is -2.26. The molecule has 1 aromatic heterocycles. The van der Waals surface area contributed by atoms with Crippen molar-refractivity contribution in [2.45, 2.75) is 6.42 Å². The molecule has 1 saturated heterocycles. The SMILES string of the molecule is c1csc(CCSCC2CNC2)c1. The Morgan fingerprint density at radius 2 is 2.46 bits per heavy atom. The first-order valence-corrected chi connectivity index (χ1v) is 6.79. The molecule has 1 aliphatic heterocycles. The summed E-state index contributed by atoms with van der Waals surface area (Å²) in [7, 11) is 0. The number of nitrogens with one attached hydrogen (secondary N) is 1. The second-order valence-electron chi connectivity index (χ2n) is 3.43. The molecule has 1 aromatic rings. The minimum absolute atomic E-state index is 0.952. The summed E-state index contributed by atoms with van der Waals surface area (Å²) < 4.78 is 0. The molecule has 0 saturated carbocycles. The number of hydrogen-bond acceptors (Lipinski definition) is 3. The summed E-state index contributed by atoms with van der Waals surface area (Å²) in [5.41, 5.74) is 0. The van der Waals surface area contributed by atoms with Crippen LogP contribution in [-0.2, 0) is 6.42 Å². The maximum atomic E-state index is 3.30. The van der Waals surface area contributed by atoms with E-state index < -0.39 is 0 Å². The number of thiophene rings is 1. The van der Waals surface area contributed by atoms with Gasteiger partial charge in [-0.05, 0) is 48.4 Å². The highest BCUT2D eigenvalue weighted by Crippen LogP contribution is 2.16. The van der Waals surface area contributed by atoms with Gasteiger partial charge in [0.05, 0.1) is 0 Å². The van der Waals surface area contributed by atoms with Gasteiger partial charge in [0.25, 0.3) is 0 Å². The summed E-state index contributed by atoms with van der Waals surface area (Å²) in [6, 6.07) is 4.37. The fourth-order valence-electron chi connectivity index (χ4n) is 1.34. The zero-order chi connectivity index (χ0) is 8.93. The predicted octanol–water partition coefficient (Wildman–Crippen LogP) is 2.24. The van der Waals surface area contributed by atoms with Crippen LogP contribution in [0.3, 0.4) is 0 Å². The van der Waals surface area contributed by atoms with Gasteiger partial charge in [-0.3, -0.25) is 0 Å². The predicted molar refractivity (Wildman–Crippen MR) is 61.7 cm³/mol. The van der Waals surface area contributed by atoms with Crippen molar-refractivity contribution in [3.05, 3.63) is 22.4 Å². The Balaban J connectivity index is 1.53. The third-order valence-corrected chi connectivity index (χ3v) is 4.43. The van der Waals surface area contributed by atoms with E-state index in [2.05, 4.69) is 34.6 Å². The molecule has 0 radical (unpaired) electrons. The summed E-state index contributed by atoms with van der Waals surface area (Å²) >= 11 is 3.98. The molecular weight excluding hydrogens is 198 g/mol. The summed E-state index contributed by atoms with van der Waals surface area (Å²) in [4.78, 5) is 1.53. The molecular formula is C10H15NS2. The van der Waals surface area contributed by atoms with Gasteiger partial charge in [0.2, 0.25) is 0 Å². The first kappa shape index (κ1) is 9.56. The van der Waals surface area contributed by atoms with E-state index in [1.165, 1.54) is 35.9 Å². The summed E-state index contributed by atoms with van der Waals surface area (Å²) in [5.74, 6) is 3.59. The summed E-state index contributed by atoms with van der Waals surface area (Å²) in [5, 5.41) is 5.47. The van der Waals surface area contributed by atoms with Crippen LogP contribution in [0.4, 0.5) is 0 Å². The van der Waals surface area contributed by atoms with Crippen molar-refractivity contribution < 1.29 is 0 Å². The van der Waals surface area contributed by atoms with Crippen molar-refractivity contribution in [1.82, 2.24) is 5.32 Å². The first-order valence-electron chi connectivity index (χ1n) is 4.76. The lowest BCUT2D eigenvalue weighted by atomic mass is 10.1. The Morgan fingerprint density at radius 3 is 3.08 bits per heavy atom. The molecule has 0 bridgehead atoms. The van der Waals surface area contributed by atoms with Crippen molar-refractivity contribution >= 4 is 23.1 Å². The van der Waals surface area contributed by atoms with Gasteiger partial charge in [-0.1, -0.05) is 6.07 Å². The molecule has 13 heavy (non-hydrogen) atoms. The van der Waals surface area contributed by atoms with Crippen molar-refractivity contribution in [2.24, 2.45) is 5.92 Å². The van der Waals surface area contributed by atoms with Crippen molar-refractivity contribution in [1.29, 1.82) is 0 Å². The monoisotopic (exact) mass is 213 g/mol. The van der Waals surface area contributed by atoms with Gasteiger partial charge in [0.1, 0.15) is 0 Å². The molecule has 3 heteroatoms. The van der Waals surface area contributed by atoms with Gasteiger partial charge in [-0.15, -0.1) is 11.3 Å². The highest BCUT2D eigenvalue weighted by atomic mass is 32.2. The second kappa shape index (κ2) is 5.03. The molecule has 1 fully saturated rings. The molecule has 72 valence electrons. The van der Waals surface area contributed by atoms with Gasteiger partial charge in [0, 0.05) is 4.88 Å². The first-order chi connectivity index (χ1) is 6.45. The van der Waals surface area contributed by atoms with Crippen LogP contribution in [0.5, 0.6) is 0 Å². The topological polar surface area (TPSA) is 12.0 Å². The average molecular weight is 213 g/mol. The van der Waals surface area contributed by atoms with Crippen LogP contribution in [-0.4, -0.2) is 24.6 Å². The minimum atomic E-state index is 0.952. The third-order valence-electron chi connectivity index (χ3n) is 2.29. The molecule has 1 N–H and O–H groups in total. The molecule has 2 rings (SSSR count). The number of thioether (sulfide) groups is 1. The van der Waals surface area contributed by atoms with Crippen LogP contribution >= 0.6 is 23.1 Å². The lowest BCUT2D eigenvalue weighted by molar-refractivity contribution is 0.385. The van der Waals surface area contributed by atoms with Crippen LogP contribution in [0.2, 0.25) is 0 Å². The van der Waals surface area contributed by atoms with E-state index >= 15 is 0 Å². The van der Waals surface area contributed by atoms with E-state index in [0.29, 0.717) is 0 Å². The van der Waals surface area contributed by atoms with Gasteiger partial charge >= 0.3 is 0 Å². The standard InChI is InChI=1S/C10H15NS2/c1-2-10(13-4-1)3-5-12-8-9-6-11-7-9/h1-2,4,9,11H,3,5-8H2. The number of hydrogen-bond donors (Lipinski definition) is 1. The van der Waals surface area contributed by atoms with Gasteiger partial charge < -0.3 is 5.32 Å². The average Bonchev–Trinajstić information content (AvgIpc) is 2.53. The molecule has 0 amide bonds. The number of aryl methyl sites for hydroxylation is 1. The Bertz CT molecular complexity index is 229.